The standard InChI is InChI=1S/C24H31BrN2O3/c1-17-12-20(25)13-19(22(17)29-16-18-8-6-5-7-9-18)14-27-11-10-21(15-27)26-23(28)30-24(2,3)4/h5-9,12-13,21H,10-11,14-16H2,1-4H3,(H,26,28). The van der Waals surface area contributed by atoms with Gasteiger partial charge in [0.25, 0.3) is 0 Å². The highest BCUT2D eigenvalue weighted by molar-refractivity contribution is 9.10. The number of amides is 1. The molecule has 0 spiro atoms. The molecule has 1 atom stereocenters. The normalized spacial score (nSPS) is 17.0. The maximum Gasteiger partial charge on any atom is 0.407 e. The van der Waals surface area contributed by atoms with Crippen LogP contribution in [0.4, 0.5) is 4.79 Å². The third-order valence-corrected chi connectivity index (χ3v) is 5.39. The van der Waals surface area contributed by atoms with Crippen molar-refractivity contribution in [3.8, 4) is 5.75 Å². The van der Waals surface area contributed by atoms with Gasteiger partial charge in [0.2, 0.25) is 0 Å². The van der Waals surface area contributed by atoms with E-state index in [0.717, 1.165) is 53.0 Å². The third-order valence-electron chi connectivity index (χ3n) is 4.93. The molecule has 2 aromatic carbocycles. The Bertz CT molecular complexity index is 865. The zero-order valence-electron chi connectivity index (χ0n) is 18.2. The van der Waals surface area contributed by atoms with Gasteiger partial charge in [0.1, 0.15) is 18.0 Å². The molecule has 1 N–H and O–H groups in total. The fraction of sp³-hybridized carbons (Fsp3) is 0.458. The number of carbonyl (C=O) groups is 1. The van der Waals surface area contributed by atoms with Crippen LogP contribution in [-0.2, 0) is 17.9 Å². The number of likely N-dealkylation sites (tertiary alicyclic amines) is 1. The molecule has 0 saturated carbocycles. The molecule has 0 radical (unpaired) electrons. The topological polar surface area (TPSA) is 50.8 Å². The predicted molar refractivity (Wildman–Crippen MR) is 123 cm³/mol. The molecule has 6 heteroatoms. The molecule has 0 aromatic heterocycles. The smallest absolute Gasteiger partial charge is 0.407 e. The second-order valence-corrected chi connectivity index (χ2v) is 9.77. The number of alkyl carbamates (subject to hydrolysis) is 1. The minimum absolute atomic E-state index is 0.0989. The summed E-state index contributed by atoms with van der Waals surface area (Å²) in [5.74, 6) is 0.936. The molecule has 1 aliphatic rings. The lowest BCUT2D eigenvalue weighted by Gasteiger charge is -2.22. The van der Waals surface area contributed by atoms with Gasteiger partial charge in [-0.25, -0.2) is 4.79 Å². The fourth-order valence-electron chi connectivity index (χ4n) is 3.66. The fourth-order valence-corrected chi connectivity index (χ4v) is 4.28. The van der Waals surface area contributed by atoms with Crippen LogP contribution in [0.3, 0.4) is 0 Å². The van der Waals surface area contributed by atoms with Crippen molar-refractivity contribution < 1.29 is 14.3 Å². The number of ether oxygens (including phenoxy) is 2. The van der Waals surface area contributed by atoms with Crippen LogP contribution >= 0.6 is 15.9 Å². The molecular formula is C24H31BrN2O3. The average molecular weight is 475 g/mol. The van der Waals surface area contributed by atoms with Crippen LogP contribution in [0.15, 0.2) is 46.9 Å². The molecular weight excluding hydrogens is 444 g/mol. The number of nitrogens with one attached hydrogen (secondary N) is 1. The molecule has 0 aliphatic carbocycles. The Labute approximate surface area is 187 Å². The number of halogens is 1. The lowest BCUT2D eigenvalue weighted by atomic mass is 10.1. The summed E-state index contributed by atoms with van der Waals surface area (Å²) < 4.78 is 12.7. The van der Waals surface area contributed by atoms with E-state index >= 15 is 0 Å². The number of hydrogen-bond donors (Lipinski definition) is 1. The minimum atomic E-state index is -0.485. The molecule has 1 saturated heterocycles. The quantitative estimate of drug-likeness (QED) is 0.605. The van der Waals surface area contributed by atoms with Crippen LogP contribution in [0.1, 0.15) is 43.9 Å². The Balaban J connectivity index is 1.62. The lowest BCUT2D eigenvalue weighted by molar-refractivity contribution is 0.0505. The van der Waals surface area contributed by atoms with E-state index in [-0.39, 0.29) is 12.1 Å². The van der Waals surface area contributed by atoms with Crippen LogP contribution in [0, 0.1) is 6.92 Å². The van der Waals surface area contributed by atoms with Crippen molar-refractivity contribution in [1.29, 1.82) is 0 Å². The van der Waals surface area contributed by atoms with Gasteiger partial charge < -0.3 is 14.8 Å². The first-order valence-electron chi connectivity index (χ1n) is 10.4. The Morgan fingerprint density at radius 2 is 1.97 bits per heavy atom. The van der Waals surface area contributed by atoms with Crippen LogP contribution in [0.25, 0.3) is 0 Å². The van der Waals surface area contributed by atoms with E-state index in [4.69, 9.17) is 9.47 Å². The number of benzene rings is 2. The van der Waals surface area contributed by atoms with E-state index in [1.807, 2.05) is 39.0 Å². The van der Waals surface area contributed by atoms with Crippen molar-refractivity contribution in [1.82, 2.24) is 10.2 Å². The molecule has 1 unspecified atom stereocenters. The Morgan fingerprint density at radius 3 is 2.67 bits per heavy atom. The molecule has 1 aliphatic heterocycles. The van der Waals surface area contributed by atoms with Gasteiger partial charge >= 0.3 is 6.09 Å². The van der Waals surface area contributed by atoms with E-state index in [9.17, 15) is 4.79 Å². The van der Waals surface area contributed by atoms with Gasteiger partial charge in [-0.3, -0.25) is 4.90 Å². The third kappa shape index (κ3) is 6.74. The molecule has 30 heavy (non-hydrogen) atoms. The minimum Gasteiger partial charge on any atom is -0.488 e. The molecule has 162 valence electrons. The summed E-state index contributed by atoms with van der Waals surface area (Å²) in [5.41, 5.74) is 2.92. The Kier molecular flexibility index (Phi) is 7.42. The van der Waals surface area contributed by atoms with E-state index in [2.05, 4.69) is 57.3 Å². The van der Waals surface area contributed by atoms with Gasteiger partial charge in [-0.15, -0.1) is 0 Å². The first-order valence-corrected chi connectivity index (χ1v) is 11.2. The lowest BCUT2D eigenvalue weighted by Crippen LogP contribution is -2.40. The molecule has 5 nitrogen and oxygen atoms in total. The summed E-state index contributed by atoms with van der Waals surface area (Å²) in [5, 5.41) is 2.99. The zero-order chi connectivity index (χ0) is 21.7. The SMILES string of the molecule is Cc1cc(Br)cc(CN2CCC(NC(=O)OC(C)(C)C)C2)c1OCc1ccccc1. The number of rotatable bonds is 6. The van der Waals surface area contributed by atoms with E-state index in [1.54, 1.807) is 0 Å². The number of hydrogen-bond acceptors (Lipinski definition) is 4. The molecule has 1 heterocycles. The summed E-state index contributed by atoms with van der Waals surface area (Å²) in [7, 11) is 0. The second-order valence-electron chi connectivity index (χ2n) is 8.85. The van der Waals surface area contributed by atoms with Gasteiger partial charge in [0.15, 0.2) is 0 Å². The van der Waals surface area contributed by atoms with Gasteiger partial charge in [-0.1, -0.05) is 46.3 Å². The van der Waals surface area contributed by atoms with Gasteiger partial charge in [-0.2, -0.15) is 0 Å². The van der Waals surface area contributed by atoms with Crippen molar-refractivity contribution >= 4 is 22.0 Å². The van der Waals surface area contributed by atoms with Crippen LogP contribution in [0.5, 0.6) is 5.75 Å². The molecule has 1 fully saturated rings. The van der Waals surface area contributed by atoms with Crippen molar-refractivity contribution in [3.05, 3.63) is 63.6 Å². The molecule has 2 aromatic rings. The van der Waals surface area contributed by atoms with Crippen LogP contribution in [-0.4, -0.2) is 35.7 Å². The van der Waals surface area contributed by atoms with Gasteiger partial charge in [0.05, 0.1) is 0 Å². The number of nitrogens with zero attached hydrogens (tertiary/aromatic N) is 1. The monoisotopic (exact) mass is 474 g/mol. The second kappa shape index (κ2) is 9.84. The van der Waals surface area contributed by atoms with Gasteiger partial charge in [0, 0.05) is 35.7 Å². The summed E-state index contributed by atoms with van der Waals surface area (Å²) in [6.07, 6.45) is 0.562. The Hall–Kier alpha value is -2.05. The van der Waals surface area contributed by atoms with E-state index in [1.165, 1.54) is 0 Å². The summed E-state index contributed by atoms with van der Waals surface area (Å²) in [6, 6.07) is 14.5. The van der Waals surface area contributed by atoms with Crippen LogP contribution < -0.4 is 10.1 Å². The van der Waals surface area contributed by atoms with Crippen molar-refractivity contribution in [2.24, 2.45) is 0 Å². The van der Waals surface area contributed by atoms with Crippen molar-refractivity contribution in [2.45, 2.75) is 58.9 Å². The van der Waals surface area contributed by atoms with Crippen molar-refractivity contribution in [3.63, 3.8) is 0 Å². The highest BCUT2D eigenvalue weighted by Crippen LogP contribution is 2.31. The van der Waals surface area contributed by atoms with Crippen molar-refractivity contribution in [2.75, 3.05) is 13.1 Å². The highest BCUT2D eigenvalue weighted by atomic mass is 79.9. The maximum absolute atomic E-state index is 12.1. The summed E-state index contributed by atoms with van der Waals surface area (Å²) in [6.45, 7) is 10.7. The number of carbonyl (C=O) groups excluding carboxylic acids is 1. The summed E-state index contributed by atoms with van der Waals surface area (Å²) >= 11 is 3.62. The average Bonchev–Trinajstić information content (AvgIpc) is 3.06. The summed E-state index contributed by atoms with van der Waals surface area (Å²) in [4.78, 5) is 14.4. The first kappa shape index (κ1) is 22.6. The first-order chi connectivity index (χ1) is 14.2. The zero-order valence-corrected chi connectivity index (χ0v) is 19.8. The maximum atomic E-state index is 12.1. The van der Waals surface area contributed by atoms with Gasteiger partial charge in [-0.05, 0) is 57.4 Å². The number of aryl methyl sites for hydroxylation is 1. The molecule has 3 rings (SSSR count). The highest BCUT2D eigenvalue weighted by Gasteiger charge is 2.27. The molecule has 1 amide bonds. The van der Waals surface area contributed by atoms with E-state index < -0.39 is 5.60 Å². The Morgan fingerprint density at radius 1 is 1.23 bits per heavy atom. The predicted octanol–water partition coefficient (Wildman–Crippen LogP) is 5.44. The van der Waals surface area contributed by atoms with Crippen LogP contribution in [0.2, 0.25) is 0 Å². The van der Waals surface area contributed by atoms with E-state index in [0.29, 0.717) is 6.61 Å². The largest absolute Gasteiger partial charge is 0.488 e. The molecule has 0 bridgehead atoms.